The fourth-order valence-corrected chi connectivity index (χ4v) is 2.15. The van der Waals surface area contributed by atoms with Crippen LogP contribution < -0.4 is 5.32 Å². The summed E-state index contributed by atoms with van der Waals surface area (Å²) in [5, 5.41) is 21.4. The van der Waals surface area contributed by atoms with Crippen molar-refractivity contribution < 1.29 is 24.5 Å². The van der Waals surface area contributed by atoms with E-state index in [9.17, 15) is 19.8 Å². The number of phenols is 2. The summed E-state index contributed by atoms with van der Waals surface area (Å²) in [5.74, 6) is -1.92. The minimum absolute atomic E-state index is 0.123. The van der Waals surface area contributed by atoms with Crippen LogP contribution in [-0.2, 0) is 9.53 Å². The first-order chi connectivity index (χ1) is 10.8. The number of phenolic OH excluding ortho intramolecular Hbond substituents is 2. The van der Waals surface area contributed by atoms with Crippen molar-refractivity contribution in [1.29, 1.82) is 0 Å². The number of carbonyl (C=O) groups is 2. The number of carbonyl (C=O) groups excluding carboxylic acids is 2. The first-order valence-corrected chi connectivity index (χ1v) is 6.92. The predicted octanol–water partition coefficient (Wildman–Crippen LogP) is 2.51. The van der Waals surface area contributed by atoms with Crippen molar-refractivity contribution in [2.24, 2.45) is 0 Å². The molecule has 0 bridgehead atoms. The molecule has 0 unspecified atom stereocenters. The van der Waals surface area contributed by atoms with Gasteiger partial charge in [-0.25, -0.2) is 4.79 Å². The van der Waals surface area contributed by atoms with E-state index in [0.717, 1.165) is 17.2 Å². The third-order valence-electron chi connectivity index (χ3n) is 3.04. The van der Waals surface area contributed by atoms with E-state index in [1.54, 1.807) is 12.1 Å². The Morgan fingerprint density at radius 1 is 1.04 bits per heavy atom. The zero-order valence-corrected chi connectivity index (χ0v) is 12.8. The van der Waals surface area contributed by atoms with Crippen LogP contribution >= 0.6 is 0 Å². The van der Waals surface area contributed by atoms with E-state index in [1.807, 2.05) is 19.9 Å². The highest BCUT2D eigenvalue weighted by molar-refractivity contribution is 5.96. The number of ether oxygens (including phenoxy) is 1. The van der Waals surface area contributed by atoms with Gasteiger partial charge < -0.3 is 20.3 Å². The van der Waals surface area contributed by atoms with Crippen LogP contribution in [0.15, 0.2) is 36.4 Å². The molecule has 1 amide bonds. The van der Waals surface area contributed by atoms with Crippen molar-refractivity contribution in [3.63, 3.8) is 0 Å². The summed E-state index contributed by atoms with van der Waals surface area (Å²) in [5.41, 5.74) is 2.51. The Kier molecular flexibility index (Phi) is 4.85. The average molecular weight is 315 g/mol. The first kappa shape index (κ1) is 16.4. The largest absolute Gasteiger partial charge is 0.508 e. The van der Waals surface area contributed by atoms with Crippen molar-refractivity contribution in [2.45, 2.75) is 13.8 Å². The molecule has 0 saturated carbocycles. The molecule has 2 aromatic rings. The second-order valence-corrected chi connectivity index (χ2v) is 5.20. The molecule has 6 nitrogen and oxygen atoms in total. The Labute approximate surface area is 133 Å². The number of benzene rings is 2. The Morgan fingerprint density at radius 3 is 2.30 bits per heavy atom. The molecule has 0 heterocycles. The van der Waals surface area contributed by atoms with Crippen molar-refractivity contribution >= 4 is 17.6 Å². The van der Waals surface area contributed by atoms with E-state index in [2.05, 4.69) is 5.32 Å². The van der Waals surface area contributed by atoms with Gasteiger partial charge in [0.05, 0.1) is 0 Å². The molecule has 0 spiro atoms. The lowest BCUT2D eigenvalue weighted by atomic mass is 10.1. The van der Waals surface area contributed by atoms with Gasteiger partial charge in [0.25, 0.3) is 5.91 Å². The lowest BCUT2D eigenvalue weighted by Crippen LogP contribution is -2.21. The Bertz CT molecular complexity index is 734. The van der Waals surface area contributed by atoms with Gasteiger partial charge in [0, 0.05) is 11.8 Å². The summed E-state index contributed by atoms with van der Waals surface area (Å²) < 4.78 is 4.85. The molecule has 2 aromatic carbocycles. The van der Waals surface area contributed by atoms with Gasteiger partial charge in [-0.3, -0.25) is 4.79 Å². The maximum Gasteiger partial charge on any atom is 0.342 e. The minimum Gasteiger partial charge on any atom is -0.508 e. The first-order valence-electron chi connectivity index (χ1n) is 6.92. The predicted molar refractivity (Wildman–Crippen MR) is 84.6 cm³/mol. The third-order valence-corrected chi connectivity index (χ3v) is 3.04. The molecule has 120 valence electrons. The Hall–Kier alpha value is -3.02. The van der Waals surface area contributed by atoms with Gasteiger partial charge in [-0.05, 0) is 49.2 Å². The van der Waals surface area contributed by atoms with Crippen LogP contribution in [0.3, 0.4) is 0 Å². The maximum absolute atomic E-state index is 11.8. The Morgan fingerprint density at radius 2 is 1.70 bits per heavy atom. The van der Waals surface area contributed by atoms with Gasteiger partial charge in [0.2, 0.25) is 0 Å². The molecule has 0 radical (unpaired) electrons. The van der Waals surface area contributed by atoms with Crippen molar-refractivity contribution in [3.8, 4) is 11.5 Å². The number of aryl methyl sites for hydroxylation is 2. The summed E-state index contributed by atoms with van der Waals surface area (Å²) in [7, 11) is 0. The van der Waals surface area contributed by atoms with E-state index in [0.29, 0.717) is 5.69 Å². The summed E-state index contributed by atoms with van der Waals surface area (Å²) in [4.78, 5) is 23.6. The number of anilines is 1. The van der Waals surface area contributed by atoms with Gasteiger partial charge in [-0.1, -0.05) is 6.07 Å². The topological polar surface area (TPSA) is 95.9 Å². The van der Waals surface area contributed by atoms with Gasteiger partial charge in [-0.15, -0.1) is 0 Å². The fraction of sp³-hybridized carbons (Fsp3) is 0.176. The molecule has 6 heteroatoms. The van der Waals surface area contributed by atoms with Crippen LogP contribution in [-0.4, -0.2) is 28.7 Å². The second-order valence-electron chi connectivity index (χ2n) is 5.20. The highest BCUT2D eigenvalue weighted by atomic mass is 16.5. The molecular formula is C17H17NO5. The molecule has 0 saturated heterocycles. The molecule has 0 fully saturated rings. The Balaban J connectivity index is 1.94. The third kappa shape index (κ3) is 4.47. The summed E-state index contributed by atoms with van der Waals surface area (Å²) in [6.07, 6.45) is 0. The van der Waals surface area contributed by atoms with E-state index >= 15 is 0 Å². The van der Waals surface area contributed by atoms with Crippen molar-refractivity contribution in [2.75, 3.05) is 11.9 Å². The second kappa shape index (κ2) is 6.83. The number of rotatable bonds is 4. The summed E-state index contributed by atoms with van der Waals surface area (Å²) >= 11 is 0. The van der Waals surface area contributed by atoms with Crippen LogP contribution in [0.5, 0.6) is 11.5 Å². The summed E-state index contributed by atoms with van der Waals surface area (Å²) in [6.45, 7) is 3.35. The van der Waals surface area contributed by atoms with Crippen LogP contribution in [0.2, 0.25) is 0 Å². The number of amides is 1. The molecule has 0 atom stereocenters. The molecule has 0 aromatic heterocycles. The van der Waals surface area contributed by atoms with E-state index in [4.69, 9.17) is 4.74 Å². The molecule has 3 N–H and O–H groups in total. The van der Waals surface area contributed by atoms with Gasteiger partial charge in [0.1, 0.15) is 17.1 Å². The number of esters is 1. The highest BCUT2D eigenvalue weighted by Gasteiger charge is 2.15. The summed E-state index contributed by atoms with van der Waals surface area (Å²) in [6, 6.07) is 9.06. The zero-order chi connectivity index (χ0) is 17.0. The maximum atomic E-state index is 11.8. The van der Waals surface area contributed by atoms with Crippen LogP contribution in [0.1, 0.15) is 21.5 Å². The monoisotopic (exact) mass is 315 g/mol. The van der Waals surface area contributed by atoms with Crippen LogP contribution in [0.25, 0.3) is 0 Å². The fourth-order valence-electron chi connectivity index (χ4n) is 2.15. The number of nitrogens with one attached hydrogen (secondary N) is 1. The molecule has 0 aliphatic carbocycles. The highest BCUT2D eigenvalue weighted by Crippen LogP contribution is 2.23. The normalized spacial score (nSPS) is 10.2. The van der Waals surface area contributed by atoms with E-state index in [-0.39, 0.29) is 11.3 Å². The average Bonchev–Trinajstić information content (AvgIpc) is 2.43. The molecule has 0 aliphatic heterocycles. The molecular weight excluding hydrogens is 298 g/mol. The molecule has 23 heavy (non-hydrogen) atoms. The van der Waals surface area contributed by atoms with Crippen LogP contribution in [0, 0.1) is 13.8 Å². The van der Waals surface area contributed by atoms with E-state index < -0.39 is 24.2 Å². The van der Waals surface area contributed by atoms with Crippen molar-refractivity contribution in [3.05, 3.63) is 53.1 Å². The number of hydrogen-bond donors (Lipinski definition) is 3. The lowest BCUT2D eigenvalue weighted by Gasteiger charge is -2.09. The standard InChI is InChI=1S/C17H17NO5/c1-10-5-11(2)7-12(6-10)18-16(21)9-23-17(22)14-4-3-13(19)8-15(14)20/h3-8,19-20H,9H2,1-2H3,(H,18,21). The zero-order valence-electron chi connectivity index (χ0n) is 12.8. The molecule has 2 rings (SSSR count). The van der Waals surface area contributed by atoms with Gasteiger partial charge in [0.15, 0.2) is 6.61 Å². The lowest BCUT2D eigenvalue weighted by molar-refractivity contribution is -0.119. The van der Waals surface area contributed by atoms with E-state index in [1.165, 1.54) is 12.1 Å². The van der Waals surface area contributed by atoms with Gasteiger partial charge >= 0.3 is 5.97 Å². The number of hydrogen-bond acceptors (Lipinski definition) is 5. The quantitative estimate of drug-likeness (QED) is 0.753. The SMILES string of the molecule is Cc1cc(C)cc(NC(=O)COC(=O)c2ccc(O)cc2O)c1. The van der Waals surface area contributed by atoms with Crippen LogP contribution in [0.4, 0.5) is 5.69 Å². The van der Waals surface area contributed by atoms with Crippen molar-refractivity contribution in [1.82, 2.24) is 0 Å². The smallest absolute Gasteiger partial charge is 0.342 e. The number of aromatic hydroxyl groups is 2. The van der Waals surface area contributed by atoms with Gasteiger partial charge in [-0.2, -0.15) is 0 Å². The minimum atomic E-state index is -0.849. The molecule has 0 aliphatic rings.